The van der Waals surface area contributed by atoms with Gasteiger partial charge in [-0.25, -0.2) is 8.42 Å². The molecular weight excluding hydrogens is 307 g/mol. The van der Waals surface area contributed by atoms with Gasteiger partial charge in [0.05, 0.1) is 10.9 Å². The molecule has 0 spiro atoms. The minimum atomic E-state index is -3.44. The zero-order valence-corrected chi connectivity index (χ0v) is 12.8. The lowest BCUT2D eigenvalue weighted by Crippen LogP contribution is -2.35. The molecule has 2 rings (SSSR count). The van der Waals surface area contributed by atoms with Crippen LogP contribution in [0.15, 0.2) is 18.2 Å². The van der Waals surface area contributed by atoms with Crippen molar-refractivity contribution in [2.75, 3.05) is 11.3 Å². The van der Waals surface area contributed by atoms with Crippen molar-refractivity contribution in [1.82, 2.24) is 5.32 Å². The van der Waals surface area contributed by atoms with Crippen molar-refractivity contribution in [3.05, 3.63) is 28.2 Å². The highest BCUT2D eigenvalue weighted by atomic mass is 35.5. The summed E-state index contributed by atoms with van der Waals surface area (Å²) in [5.41, 5.74) is 0.385. The van der Waals surface area contributed by atoms with E-state index in [9.17, 15) is 8.42 Å². The summed E-state index contributed by atoms with van der Waals surface area (Å²) in [6.07, 6.45) is 2.26. The lowest BCUT2D eigenvalue weighted by molar-refractivity contribution is 0.576. The summed E-state index contributed by atoms with van der Waals surface area (Å²) in [6, 6.07) is 5.11. The van der Waals surface area contributed by atoms with Crippen LogP contribution in [-0.4, -0.2) is 26.3 Å². The first-order chi connectivity index (χ1) is 8.87. The molecule has 1 aromatic carbocycles. The highest BCUT2D eigenvalue weighted by Gasteiger charge is 2.25. The molecule has 1 atom stereocenters. The summed E-state index contributed by atoms with van der Waals surface area (Å²) in [5.74, 6) is 0. The van der Waals surface area contributed by atoms with Crippen LogP contribution in [-0.2, 0) is 10.0 Å². The molecule has 0 bridgehead atoms. The third kappa shape index (κ3) is 4.53. The molecular formula is C12H16Cl2N2O2S. The molecule has 106 valence electrons. The minimum absolute atomic E-state index is 0.385. The van der Waals surface area contributed by atoms with Crippen molar-refractivity contribution in [1.29, 1.82) is 0 Å². The van der Waals surface area contributed by atoms with Crippen molar-refractivity contribution in [2.24, 2.45) is 0 Å². The predicted octanol–water partition coefficient (Wildman–Crippen LogP) is 2.88. The Labute approximate surface area is 123 Å². The molecule has 4 nitrogen and oxygen atoms in total. The third-order valence-electron chi connectivity index (χ3n) is 2.92. The van der Waals surface area contributed by atoms with Gasteiger partial charge in [0.15, 0.2) is 0 Å². The average molecular weight is 323 g/mol. The molecule has 1 aliphatic carbocycles. The number of hydrogen-bond donors (Lipinski definition) is 2. The molecule has 0 heterocycles. The Morgan fingerprint density at radius 3 is 2.37 bits per heavy atom. The highest BCUT2D eigenvalue weighted by molar-refractivity contribution is 7.93. The smallest absolute Gasteiger partial charge is 0.236 e. The van der Waals surface area contributed by atoms with E-state index >= 15 is 0 Å². The van der Waals surface area contributed by atoms with E-state index < -0.39 is 15.3 Å². The maximum atomic E-state index is 12.1. The summed E-state index contributed by atoms with van der Waals surface area (Å²) in [6.45, 7) is 2.11. The van der Waals surface area contributed by atoms with E-state index in [1.54, 1.807) is 13.0 Å². The highest BCUT2D eigenvalue weighted by Crippen LogP contribution is 2.24. The van der Waals surface area contributed by atoms with Gasteiger partial charge in [0.1, 0.15) is 0 Å². The molecule has 19 heavy (non-hydrogen) atoms. The first-order valence-electron chi connectivity index (χ1n) is 6.08. The van der Waals surface area contributed by atoms with Crippen LogP contribution >= 0.6 is 23.2 Å². The Balaban J connectivity index is 2.02. The zero-order chi connectivity index (χ0) is 14.0. The number of nitrogens with one attached hydrogen (secondary N) is 2. The topological polar surface area (TPSA) is 58.2 Å². The molecule has 2 N–H and O–H groups in total. The van der Waals surface area contributed by atoms with Gasteiger partial charge in [-0.3, -0.25) is 4.72 Å². The monoisotopic (exact) mass is 322 g/mol. The van der Waals surface area contributed by atoms with Crippen LogP contribution in [0.4, 0.5) is 5.69 Å². The fourth-order valence-electron chi connectivity index (χ4n) is 1.61. The molecule has 0 saturated heterocycles. The molecule has 0 radical (unpaired) electrons. The van der Waals surface area contributed by atoms with Crippen molar-refractivity contribution in [3.8, 4) is 0 Å². The number of anilines is 1. The molecule has 1 unspecified atom stereocenters. The fraction of sp³-hybridized carbons (Fsp3) is 0.500. The Kier molecular flexibility index (Phi) is 4.61. The summed E-state index contributed by atoms with van der Waals surface area (Å²) in [5, 5.41) is 3.47. The van der Waals surface area contributed by atoms with Gasteiger partial charge in [0.2, 0.25) is 10.0 Å². The van der Waals surface area contributed by atoms with Gasteiger partial charge in [0, 0.05) is 22.6 Å². The minimum Gasteiger partial charge on any atom is -0.313 e. The number of hydrogen-bond acceptors (Lipinski definition) is 3. The Morgan fingerprint density at radius 1 is 1.26 bits per heavy atom. The second kappa shape index (κ2) is 5.87. The van der Waals surface area contributed by atoms with Crippen LogP contribution in [0.25, 0.3) is 0 Å². The number of sulfonamides is 1. The van der Waals surface area contributed by atoms with E-state index in [0.717, 1.165) is 12.8 Å². The standard InChI is InChI=1S/C12H16Cl2N2O2S/c1-8(7-15-11-2-3-11)19(17,18)16-12-5-9(13)4-10(14)6-12/h4-6,8,11,15-16H,2-3,7H2,1H3. The summed E-state index contributed by atoms with van der Waals surface area (Å²) in [7, 11) is -3.44. The number of benzene rings is 1. The van der Waals surface area contributed by atoms with Gasteiger partial charge < -0.3 is 5.32 Å². The summed E-state index contributed by atoms with van der Waals surface area (Å²) in [4.78, 5) is 0. The van der Waals surface area contributed by atoms with E-state index in [0.29, 0.717) is 28.3 Å². The maximum Gasteiger partial charge on any atom is 0.236 e. The van der Waals surface area contributed by atoms with Crippen molar-refractivity contribution >= 4 is 38.9 Å². The molecule has 0 aromatic heterocycles. The van der Waals surface area contributed by atoms with E-state index in [-0.39, 0.29) is 0 Å². The second-order valence-electron chi connectivity index (χ2n) is 4.80. The molecule has 0 aliphatic heterocycles. The lowest BCUT2D eigenvalue weighted by Gasteiger charge is -2.15. The average Bonchev–Trinajstić information content (AvgIpc) is 3.07. The Hall–Kier alpha value is -0.490. The number of halogens is 2. The zero-order valence-electron chi connectivity index (χ0n) is 10.5. The first kappa shape index (κ1) is 14.9. The van der Waals surface area contributed by atoms with Crippen LogP contribution in [0.2, 0.25) is 10.0 Å². The van der Waals surface area contributed by atoms with Crippen LogP contribution in [0, 0.1) is 0 Å². The summed E-state index contributed by atoms with van der Waals surface area (Å²) < 4.78 is 26.7. The van der Waals surface area contributed by atoms with E-state index in [1.807, 2.05) is 0 Å². The van der Waals surface area contributed by atoms with Crippen LogP contribution in [0.1, 0.15) is 19.8 Å². The quantitative estimate of drug-likeness (QED) is 0.846. The van der Waals surface area contributed by atoms with Gasteiger partial charge in [-0.05, 0) is 38.0 Å². The van der Waals surface area contributed by atoms with E-state index in [1.165, 1.54) is 12.1 Å². The Morgan fingerprint density at radius 2 is 1.84 bits per heavy atom. The lowest BCUT2D eigenvalue weighted by atomic mass is 10.3. The SMILES string of the molecule is CC(CNC1CC1)S(=O)(=O)Nc1cc(Cl)cc(Cl)c1. The first-order valence-corrected chi connectivity index (χ1v) is 8.38. The second-order valence-corrected chi connectivity index (χ2v) is 7.77. The third-order valence-corrected chi connectivity index (χ3v) is 5.11. The van der Waals surface area contributed by atoms with Gasteiger partial charge in [-0.1, -0.05) is 23.2 Å². The molecule has 1 saturated carbocycles. The largest absolute Gasteiger partial charge is 0.313 e. The van der Waals surface area contributed by atoms with E-state index in [2.05, 4.69) is 10.0 Å². The fourth-order valence-corrected chi connectivity index (χ4v) is 3.10. The predicted molar refractivity (Wildman–Crippen MR) is 79.5 cm³/mol. The van der Waals surface area contributed by atoms with Gasteiger partial charge >= 0.3 is 0 Å². The molecule has 1 fully saturated rings. The van der Waals surface area contributed by atoms with Crippen LogP contribution in [0.5, 0.6) is 0 Å². The molecule has 0 amide bonds. The van der Waals surface area contributed by atoms with Crippen LogP contribution in [0.3, 0.4) is 0 Å². The van der Waals surface area contributed by atoms with Crippen molar-refractivity contribution in [2.45, 2.75) is 31.1 Å². The van der Waals surface area contributed by atoms with Crippen molar-refractivity contribution < 1.29 is 8.42 Å². The van der Waals surface area contributed by atoms with Crippen molar-refractivity contribution in [3.63, 3.8) is 0 Å². The molecule has 1 aromatic rings. The van der Waals surface area contributed by atoms with Gasteiger partial charge in [-0.2, -0.15) is 0 Å². The van der Waals surface area contributed by atoms with Gasteiger partial charge in [-0.15, -0.1) is 0 Å². The normalized spacial score (nSPS) is 17.2. The summed E-state index contributed by atoms with van der Waals surface area (Å²) >= 11 is 11.7. The Bertz CT molecular complexity index is 539. The maximum absolute atomic E-state index is 12.1. The molecule has 1 aliphatic rings. The van der Waals surface area contributed by atoms with Crippen LogP contribution < -0.4 is 10.0 Å². The number of rotatable bonds is 6. The van der Waals surface area contributed by atoms with Gasteiger partial charge in [0.25, 0.3) is 0 Å². The van der Waals surface area contributed by atoms with E-state index in [4.69, 9.17) is 23.2 Å². The molecule has 7 heteroatoms.